The summed E-state index contributed by atoms with van der Waals surface area (Å²) in [7, 11) is 0. The maximum absolute atomic E-state index is 11.6. The van der Waals surface area contributed by atoms with Crippen molar-refractivity contribution >= 4 is 23.9 Å². The molecule has 0 aliphatic carbocycles. The minimum absolute atomic E-state index is 0.0868. The van der Waals surface area contributed by atoms with Gasteiger partial charge in [0.25, 0.3) is 11.6 Å². The Morgan fingerprint density at radius 2 is 1.84 bits per heavy atom. The van der Waals surface area contributed by atoms with E-state index in [2.05, 4.69) is 11.7 Å². The van der Waals surface area contributed by atoms with Crippen molar-refractivity contribution in [1.82, 2.24) is 0 Å². The Labute approximate surface area is 111 Å². The summed E-state index contributed by atoms with van der Waals surface area (Å²) in [6.45, 7) is 10.5. The number of rotatable bonds is 3. The van der Waals surface area contributed by atoms with Crippen LogP contribution in [-0.4, -0.2) is 17.5 Å². The van der Waals surface area contributed by atoms with E-state index in [1.54, 1.807) is 13.0 Å². The molecule has 0 spiro atoms. The van der Waals surface area contributed by atoms with Crippen molar-refractivity contribution in [2.75, 3.05) is 0 Å². The van der Waals surface area contributed by atoms with Gasteiger partial charge in [-0.25, -0.2) is 4.99 Å². The molecule has 1 aromatic carbocycles. The fourth-order valence-corrected chi connectivity index (χ4v) is 1.73. The normalized spacial score (nSPS) is 9.89. The first-order valence-corrected chi connectivity index (χ1v) is 5.74. The topological polar surface area (TPSA) is 72.6 Å². The minimum atomic E-state index is -0.554. The average Bonchev–Trinajstić information content (AvgIpc) is 2.36. The zero-order chi connectivity index (χ0) is 14.7. The van der Waals surface area contributed by atoms with Crippen LogP contribution in [0, 0.1) is 17.0 Å². The van der Waals surface area contributed by atoms with Gasteiger partial charge in [-0.2, -0.15) is 0 Å². The molecule has 0 radical (unpaired) electrons. The molecule has 0 atom stereocenters. The van der Waals surface area contributed by atoms with Crippen molar-refractivity contribution in [2.24, 2.45) is 4.99 Å². The Hall–Kier alpha value is -2.30. The third-order valence-electron chi connectivity index (χ3n) is 3.07. The number of aliphatic imine (C=N–C) groups is 1. The number of hydrogen-bond acceptors (Lipinski definition) is 3. The Morgan fingerprint density at radius 3 is 2.26 bits per heavy atom. The van der Waals surface area contributed by atoms with E-state index in [0.29, 0.717) is 11.1 Å². The molecule has 0 fully saturated rings. The molecule has 1 amide bonds. The Balaban J connectivity index is 3.64. The van der Waals surface area contributed by atoms with Crippen LogP contribution in [0.3, 0.4) is 0 Å². The van der Waals surface area contributed by atoms with Crippen molar-refractivity contribution in [3.05, 3.63) is 44.5 Å². The molecule has 0 saturated heterocycles. The van der Waals surface area contributed by atoms with Gasteiger partial charge in [0.1, 0.15) is 0 Å². The number of carbonyl (C=O) groups is 1. The predicted molar refractivity (Wildman–Crippen MR) is 75.7 cm³/mol. The Morgan fingerprint density at radius 1 is 1.26 bits per heavy atom. The Bertz CT molecular complexity index is 597. The third kappa shape index (κ3) is 2.93. The standard InChI is InChI=1S/C14H16N2O3/c1-8(2)10(4)12-6-9(3)11(14(17)15-5)7-13(12)16(18)19/h6-7H,5H2,1-4H3. The van der Waals surface area contributed by atoms with Gasteiger partial charge in [0, 0.05) is 6.07 Å². The number of hydrogen-bond donors (Lipinski definition) is 0. The summed E-state index contributed by atoms with van der Waals surface area (Å²) in [5.74, 6) is -0.554. The van der Waals surface area contributed by atoms with Crippen LogP contribution in [-0.2, 0) is 0 Å². The summed E-state index contributed by atoms with van der Waals surface area (Å²) >= 11 is 0. The monoisotopic (exact) mass is 260 g/mol. The summed E-state index contributed by atoms with van der Waals surface area (Å²) in [6.07, 6.45) is 0. The van der Waals surface area contributed by atoms with Crippen LogP contribution in [0.1, 0.15) is 42.3 Å². The van der Waals surface area contributed by atoms with E-state index >= 15 is 0 Å². The zero-order valence-electron chi connectivity index (χ0n) is 11.5. The molecule has 0 aliphatic rings. The second kappa shape index (κ2) is 5.56. The lowest BCUT2D eigenvalue weighted by molar-refractivity contribution is -0.385. The van der Waals surface area contributed by atoms with E-state index in [1.165, 1.54) is 6.07 Å². The van der Waals surface area contributed by atoms with E-state index in [9.17, 15) is 14.9 Å². The second-order valence-electron chi connectivity index (χ2n) is 4.53. The number of nitrogens with zero attached hydrogens (tertiary/aromatic N) is 2. The van der Waals surface area contributed by atoms with Gasteiger partial charge in [-0.1, -0.05) is 5.57 Å². The molecule has 19 heavy (non-hydrogen) atoms. The van der Waals surface area contributed by atoms with E-state index < -0.39 is 10.8 Å². The van der Waals surface area contributed by atoms with Crippen LogP contribution < -0.4 is 0 Å². The fourth-order valence-electron chi connectivity index (χ4n) is 1.73. The second-order valence-corrected chi connectivity index (χ2v) is 4.53. The lowest BCUT2D eigenvalue weighted by Gasteiger charge is -2.09. The molecule has 0 bridgehead atoms. The van der Waals surface area contributed by atoms with E-state index in [-0.39, 0.29) is 11.3 Å². The molecule has 1 rings (SSSR count). The highest BCUT2D eigenvalue weighted by Crippen LogP contribution is 2.31. The van der Waals surface area contributed by atoms with Gasteiger partial charge in [0.15, 0.2) is 0 Å². The average molecular weight is 260 g/mol. The van der Waals surface area contributed by atoms with Crippen molar-refractivity contribution in [2.45, 2.75) is 27.7 Å². The van der Waals surface area contributed by atoms with Crippen LogP contribution >= 0.6 is 0 Å². The molecule has 0 aliphatic heterocycles. The predicted octanol–water partition coefficient (Wildman–Crippen LogP) is 3.56. The number of carbonyl (C=O) groups excluding carboxylic acids is 1. The minimum Gasteiger partial charge on any atom is -0.267 e. The van der Waals surface area contributed by atoms with Gasteiger partial charge in [-0.3, -0.25) is 14.9 Å². The number of allylic oxidation sites excluding steroid dienone is 2. The van der Waals surface area contributed by atoms with Gasteiger partial charge < -0.3 is 0 Å². The molecule has 0 heterocycles. The fraction of sp³-hybridized carbons (Fsp3) is 0.286. The number of nitro groups is 1. The van der Waals surface area contributed by atoms with Crippen molar-refractivity contribution in [3.63, 3.8) is 0 Å². The molecular formula is C14H16N2O3. The first-order chi connectivity index (χ1) is 8.79. The largest absolute Gasteiger partial charge is 0.277 e. The highest BCUT2D eigenvalue weighted by atomic mass is 16.6. The molecule has 5 heteroatoms. The quantitative estimate of drug-likeness (QED) is 0.474. The first-order valence-electron chi connectivity index (χ1n) is 5.74. The van der Waals surface area contributed by atoms with Gasteiger partial charge >= 0.3 is 0 Å². The number of amides is 1. The summed E-state index contributed by atoms with van der Waals surface area (Å²) in [6, 6.07) is 2.92. The van der Waals surface area contributed by atoms with Crippen molar-refractivity contribution in [1.29, 1.82) is 0 Å². The van der Waals surface area contributed by atoms with E-state index in [4.69, 9.17) is 0 Å². The first kappa shape index (κ1) is 14.8. The maximum atomic E-state index is 11.6. The van der Waals surface area contributed by atoms with Gasteiger partial charge in [-0.15, -0.1) is 0 Å². The summed E-state index contributed by atoms with van der Waals surface area (Å²) < 4.78 is 0. The van der Waals surface area contributed by atoms with Crippen LogP contribution in [0.15, 0.2) is 22.7 Å². The molecule has 5 nitrogen and oxygen atoms in total. The van der Waals surface area contributed by atoms with Crippen LogP contribution in [0.5, 0.6) is 0 Å². The summed E-state index contributed by atoms with van der Waals surface area (Å²) in [5.41, 5.74) is 3.13. The Kier molecular flexibility index (Phi) is 4.32. The van der Waals surface area contributed by atoms with Crippen molar-refractivity contribution in [3.8, 4) is 0 Å². The molecule has 100 valence electrons. The van der Waals surface area contributed by atoms with Crippen LogP contribution in [0.2, 0.25) is 0 Å². The molecular weight excluding hydrogens is 244 g/mol. The third-order valence-corrected chi connectivity index (χ3v) is 3.07. The molecule has 1 aromatic rings. The smallest absolute Gasteiger partial charge is 0.267 e. The SMILES string of the molecule is C=NC(=O)c1cc([N+](=O)[O-])c(C(C)=C(C)C)cc1C. The number of nitro benzene ring substituents is 1. The molecule has 0 unspecified atom stereocenters. The highest BCUT2D eigenvalue weighted by molar-refractivity contribution is 5.99. The summed E-state index contributed by atoms with van der Waals surface area (Å²) in [5, 5.41) is 11.1. The number of aryl methyl sites for hydroxylation is 1. The van der Waals surface area contributed by atoms with Gasteiger partial charge in [0.2, 0.25) is 0 Å². The van der Waals surface area contributed by atoms with Gasteiger partial charge in [0.05, 0.1) is 16.1 Å². The van der Waals surface area contributed by atoms with E-state index in [0.717, 1.165) is 11.1 Å². The molecule has 0 aromatic heterocycles. The highest BCUT2D eigenvalue weighted by Gasteiger charge is 2.20. The van der Waals surface area contributed by atoms with Gasteiger partial charge in [-0.05, 0) is 51.6 Å². The van der Waals surface area contributed by atoms with Crippen LogP contribution in [0.4, 0.5) is 5.69 Å². The zero-order valence-corrected chi connectivity index (χ0v) is 11.5. The lowest BCUT2D eigenvalue weighted by atomic mass is 9.96. The molecule has 0 saturated carbocycles. The van der Waals surface area contributed by atoms with E-state index in [1.807, 2.05) is 20.8 Å². The lowest BCUT2D eigenvalue weighted by Crippen LogP contribution is -2.03. The number of benzene rings is 1. The summed E-state index contributed by atoms with van der Waals surface area (Å²) in [4.78, 5) is 25.5. The van der Waals surface area contributed by atoms with Crippen molar-refractivity contribution < 1.29 is 9.72 Å². The maximum Gasteiger partial charge on any atom is 0.277 e. The molecule has 0 N–H and O–H groups in total. The van der Waals surface area contributed by atoms with Crippen LogP contribution in [0.25, 0.3) is 5.57 Å².